The Morgan fingerprint density at radius 1 is 1.24 bits per heavy atom. The number of furan rings is 1. The van der Waals surface area contributed by atoms with Crippen LogP contribution in [0.4, 0.5) is 0 Å². The Morgan fingerprint density at radius 3 is 2.76 bits per heavy atom. The number of likely N-dealkylation sites (tertiary alicyclic amines) is 2. The zero-order valence-corrected chi connectivity index (χ0v) is 12.7. The van der Waals surface area contributed by atoms with Crippen LogP contribution < -0.4 is 0 Å². The molecule has 0 aromatic carbocycles. The Kier molecular flexibility index (Phi) is 3.29. The molecule has 4 heteroatoms. The lowest BCUT2D eigenvalue weighted by atomic mass is 10.0. The fourth-order valence-corrected chi connectivity index (χ4v) is 4.39. The molecule has 4 rings (SSSR count). The van der Waals surface area contributed by atoms with Crippen LogP contribution in [0, 0.1) is 5.92 Å². The van der Waals surface area contributed by atoms with Crippen LogP contribution in [-0.2, 0) is 4.79 Å². The molecule has 0 bridgehead atoms. The van der Waals surface area contributed by atoms with Crippen LogP contribution in [0.25, 0.3) is 0 Å². The molecule has 3 fully saturated rings. The maximum absolute atomic E-state index is 12.9. The predicted molar refractivity (Wildman–Crippen MR) is 79.9 cm³/mol. The summed E-state index contributed by atoms with van der Waals surface area (Å²) in [6.45, 7) is 2.14. The summed E-state index contributed by atoms with van der Waals surface area (Å²) in [6.07, 6.45) is 7.55. The van der Waals surface area contributed by atoms with Gasteiger partial charge in [-0.05, 0) is 57.8 Å². The third kappa shape index (κ3) is 2.30. The van der Waals surface area contributed by atoms with Gasteiger partial charge in [0.25, 0.3) is 0 Å². The molecule has 4 unspecified atom stereocenters. The zero-order valence-electron chi connectivity index (χ0n) is 12.7. The number of likely N-dealkylation sites (N-methyl/N-ethyl adjacent to an activating group) is 1. The lowest BCUT2D eigenvalue weighted by Crippen LogP contribution is -2.47. The van der Waals surface area contributed by atoms with Gasteiger partial charge in [-0.2, -0.15) is 0 Å². The normalized spacial score (nSPS) is 36.3. The number of nitrogens with zero attached hydrogens (tertiary/aromatic N) is 2. The summed E-state index contributed by atoms with van der Waals surface area (Å²) in [5, 5.41) is 0. The summed E-state index contributed by atoms with van der Waals surface area (Å²) in [5.41, 5.74) is 0. The van der Waals surface area contributed by atoms with E-state index in [-0.39, 0.29) is 5.92 Å². The SMILES string of the molecule is CN1CCCC1C1CCCN1C(=O)C1CC1c1ccco1. The van der Waals surface area contributed by atoms with Crippen molar-refractivity contribution in [1.29, 1.82) is 0 Å². The second kappa shape index (κ2) is 5.16. The van der Waals surface area contributed by atoms with E-state index in [0.717, 1.165) is 18.7 Å². The summed E-state index contributed by atoms with van der Waals surface area (Å²) in [5.74, 6) is 1.86. The Bertz CT molecular complexity index is 513. The standard InChI is InChI=1S/C17H24N2O2/c1-18-8-2-5-14(18)15-6-3-9-19(15)17(20)13-11-12(13)16-7-4-10-21-16/h4,7,10,12-15H,2-3,5-6,8-9,11H2,1H3. The molecule has 0 radical (unpaired) electrons. The highest BCUT2D eigenvalue weighted by molar-refractivity contribution is 5.83. The molecule has 4 nitrogen and oxygen atoms in total. The van der Waals surface area contributed by atoms with Gasteiger partial charge in [-0.1, -0.05) is 0 Å². The summed E-state index contributed by atoms with van der Waals surface area (Å²) >= 11 is 0. The van der Waals surface area contributed by atoms with Gasteiger partial charge in [0.1, 0.15) is 5.76 Å². The highest BCUT2D eigenvalue weighted by Gasteiger charge is 2.50. The molecule has 2 aliphatic heterocycles. The monoisotopic (exact) mass is 288 g/mol. The molecule has 1 aliphatic carbocycles. The van der Waals surface area contributed by atoms with Crippen molar-refractivity contribution in [3.63, 3.8) is 0 Å². The van der Waals surface area contributed by atoms with Crippen LogP contribution >= 0.6 is 0 Å². The zero-order chi connectivity index (χ0) is 14.4. The van der Waals surface area contributed by atoms with E-state index >= 15 is 0 Å². The van der Waals surface area contributed by atoms with Gasteiger partial charge in [-0.15, -0.1) is 0 Å². The van der Waals surface area contributed by atoms with Gasteiger partial charge in [0.15, 0.2) is 0 Å². The van der Waals surface area contributed by atoms with E-state index < -0.39 is 0 Å². The Morgan fingerprint density at radius 2 is 2.05 bits per heavy atom. The van der Waals surface area contributed by atoms with Crippen molar-refractivity contribution in [3.05, 3.63) is 24.2 Å². The van der Waals surface area contributed by atoms with Crippen LogP contribution in [0.5, 0.6) is 0 Å². The number of carbonyl (C=O) groups is 1. The molecule has 1 amide bonds. The van der Waals surface area contributed by atoms with E-state index in [2.05, 4.69) is 16.8 Å². The molecular formula is C17H24N2O2. The minimum absolute atomic E-state index is 0.170. The van der Waals surface area contributed by atoms with Crippen LogP contribution in [0.3, 0.4) is 0 Å². The smallest absolute Gasteiger partial charge is 0.226 e. The summed E-state index contributed by atoms with van der Waals surface area (Å²) in [4.78, 5) is 17.5. The van der Waals surface area contributed by atoms with Crippen molar-refractivity contribution >= 4 is 5.91 Å². The summed E-state index contributed by atoms with van der Waals surface area (Å²) < 4.78 is 5.47. The first-order valence-electron chi connectivity index (χ1n) is 8.30. The molecule has 1 saturated carbocycles. The van der Waals surface area contributed by atoms with E-state index in [9.17, 15) is 4.79 Å². The lowest BCUT2D eigenvalue weighted by molar-refractivity contribution is -0.134. The minimum atomic E-state index is 0.170. The van der Waals surface area contributed by atoms with Crippen molar-refractivity contribution in [2.75, 3.05) is 20.1 Å². The quantitative estimate of drug-likeness (QED) is 0.857. The van der Waals surface area contributed by atoms with Gasteiger partial charge in [0, 0.05) is 30.5 Å². The number of hydrogen-bond acceptors (Lipinski definition) is 3. The maximum Gasteiger partial charge on any atom is 0.226 e. The van der Waals surface area contributed by atoms with Crippen molar-refractivity contribution in [2.24, 2.45) is 5.92 Å². The number of rotatable bonds is 3. The highest BCUT2D eigenvalue weighted by atomic mass is 16.3. The van der Waals surface area contributed by atoms with Crippen molar-refractivity contribution in [1.82, 2.24) is 9.80 Å². The van der Waals surface area contributed by atoms with Crippen molar-refractivity contribution < 1.29 is 9.21 Å². The highest BCUT2D eigenvalue weighted by Crippen LogP contribution is 2.49. The van der Waals surface area contributed by atoms with Crippen molar-refractivity contribution in [3.8, 4) is 0 Å². The second-order valence-electron chi connectivity index (χ2n) is 6.90. The number of carbonyl (C=O) groups excluding carboxylic acids is 1. The Balaban J connectivity index is 1.44. The molecule has 2 saturated heterocycles. The van der Waals surface area contributed by atoms with Gasteiger partial charge in [-0.3, -0.25) is 4.79 Å². The molecule has 1 aromatic heterocycles. The Hall–Kier alpha value is -1.29. The van der Waals surface area contributed by atoms with Gasteiger partial charge < -0.3 is 14.2 Å². The molecule has 0 spiro atoms. The molecule has 4 atom stereocenters. The summed E-state index contributed by atoms with van der Waals surface area (Å²) in [6, 6.07) is 4.95. The van der Waals surface area contributed by atoms with Crippen LogP contribution in [0.1, 0.15) is 43.8 Å². The van der Waals surface area contributed by atoms with E-state index in [4.69, 9.17) is 4.42 Å². The molecule has 1 aromatic rings. The van der Waals surface area contributed by atoms with E-state index in [0.29, 0.717) is 23.9 Å². The first-order valence-corrected chi connectivity index (χ1v) is 8.30. The first-order chi connectivity index (χ1) is 10.3. The average molecular weight is 288 g/mol. The molecular weight excluding hydrogens is 264 g/mol. The molecule has 114 valence electrons. The van der Waals surface area contributed by atoms with Gasteiger partial charge >= 0.3 is 0 Å². The predicted octanol–water partition coefficient (Wildman–Crippen LogP) is 2.47. The Labute approximate surface area is 126 Å². The fraction of sp³-hybridized carbons (Fsp3) is 0.706. The average Bonchev–Trinajstić information content (AvgIpc) is 2.94. The van der Waals surface area contributed by atoms with Gasteiger partial charge in [0.05, 0.1) is 6.26 Å². The van der Waals surface area contributed by atoms with Crippen LogP contribution in [0.2, 0.25) is 0 Å². The molecule has 3 heterocycles. The molecule has 3 aliphatic rings. The van der Waals surface area contributed by atoms with E-state index in [1.54, 1.807) is 6.26 Å². The minimum Gasteiger partial charge on any atom is -0.469 e. The van der Waals surface area contributed by atoms with Gasteiger partial charge in [0.2, 0.25) is 5.91 Å². The van der Waals surface area contributed by atoms with E-state index in [1.165, 1.54) is 32.2 Å². The maximum atomic E-state index is 12.9. The molecule has 21 heavy (non-hydrogen) atoms. The third-order valence-electron chi connectivity index (χ3n) is 5.62. The topological polar surface area (TPSA) is 36.7 Å². The summed E-state index contributed by atoms with van der Waals surface area (Å²) in [7, 11) is 2.21. The van der Waals surface area contributed by atoms with Gasteiger partial charge in [-0.25, -0.2) is 0 Å². The van der Waals surface area contributed by atoms with Crippen LogP contribution in [0.15, 0.2) is 22.8 Å². The largest absolute Gasteiger partial charge is 0.469 e. The molecule has 0 N–H and O–H groups in total. The lowest BCUT2D eigenvalue weighted by Gasteiger charge is -2.33. The number of amides is 1. The first kappa shape index (κ1) is 13.4. The third-order valence-corrected chi connectivity index (χ3v) is 5.62. The van der Waals surface area contributed by atoms with Crippen molar-refractivity contribution in [2.45, 2.75) is 50.1 Å². The van der Waals surface area contributed by atoms with E-state index in [1.807, 2.05) is 12.1 Å². The van der Waals surface area contributed by atoms with Crippen LogP contribution in [-0.4, -0.2) is 47.9 Å². The fourth-order valence-electron chi connectivity index (χ4n) is 4.39. The number of hydrogen-bond donors (Lipinski definition) is 0. The second-order valence-corrected chi connectivity index (χ2v) is 6.90.